The Bertz CT molecular complexity index is 899. The lowest BCUT2D eigenvalue weighted by Crippen LogP contribution is -2.55. The van der Waals surface area contributed by atoms with E-state index < -0.39 is 5.92 Å². The summed E-state index contributed by atoms with van der Waals surface area (Å²) in [6.45, 7) is 1.16. The highest BCUT2D eigenvalue weighted by molar-refractivity contribution is 5.88. The van der Waals surface area contributed by atoms with E-state index in [1.807, 2.05) is 42.6 Å². The zero-order chi connectivity index (χ0) is 21.1. The summed E-state index contributed by atoms with van der Waals surface area (Å²) in [7, 11) is 1.37. The summed E-state index contributed by atoms with van der Waals surface area (Å²) in [6.07, 6.45) is 5.09. The summed E-state index contributed by atoms with van der Waals surface area (Å²) in [5, 5.41) is 4.14. The number of hydrogen-bond donors (Lipinski definition) is 0. The number of ether oxygens (including phenoxy) is 1. The molecule has 3 heterocycles. The Labute approximate surface area is 175 Å². The Morgan fingerprint density at radius 1 is 1.20 bits per heavy atom. The molecule has 4 rings (SSSR count). The van der Waals surface area contributed by atoms with Crippen molar-refractivity contribution in [1.82, 2.24) is 19.6 Å². The van der Waals surface area contributed by atoms with Gasteiger partial charge in [-0.3, -0.25) is 19.1 Å². The molecule has 1 aromatic carbocycles. The second-order valence-electron chi connectivity index (χ2n) is 7.82. The topological polar surface area (TPSA) is 84.7 Å². The fourth-order valence-corrected chi connectivity index (χ4v) is 4.63. The number of rotatable bonds is 6. The van der Waals surface area contributed by atoms with E-state index in [4.69, 9.17) is 4.74 Å². The van der Waals surface area contributed by atoms with Crippen LogP contribution < -0.4 is 0 Å². The van der Waals surface area contributed by atoms with Crippen molar-refractivity contribution in [3.8, 4) is 0 Å². The third-order valence-corrected chi connectivity index (χ3v) is 5.98. The molecule has 0 N–H and O–H groups in total. The van der Waals surface area contributed by atoms with E-state index in [0.717, 1.165) is 5.56 Å². The molecule has 2 aromatic rings. The number of amides is 2. The van der Waals surface area contributed by atoms with Crippen LogP contribution in [0.5, 0.6) is 0 Å². The summed E-state index contributed by atoms with van der Waals surface area (Å²) >= 11 is 0. The van der Waals surface area contributed by atoms with Gasteiger partial charge in [-0.2, -0.15) is 5.10 Å². The molecule has 0 aliphatic carbocycles. The Balaban J connectivity index is 1.46. The van der Waals surface area contributed by atoms with E-state index in [1.165, 1.54) is 7.11 Å². The Hall–Kier alpha value is -3.16. The first kappa shape index (κ1) is 20.1. The van der Waals surface area contributed by atoms with Crippen LogP contribution in [0.1, 0.15) is 30.9 Å². The van der Waals surface area contributed by atoms with Crippen molar-refractivity contribution < 1.29 is 19.1 Å². The van der Waals surface area contributed by atoms with Gasteiger partial charge in [-0.15, -0.1) is 0 Å². The van der Waals surface area contributed by atoms with Gasteiger partial charge in [-0.1, -0.05) is 30.3 Å². The summed E-state index contributed by atoms with van der Waals surface area (Å²) < 4.78 is 6.81. The molecule has 0 bridgehead atoms. The predicted molar refractivity (Wildman–Crippen MR) is 108 cm³/mol. The van der Waals surface area contributed by atoms with Gasteiger partial charge in [-0.05, 0) is 24.5 Å². The molecular formula is C22H26N4O4. The minimum Gasteiger partial charge on any atom is -0.469 e. The number of methoxy groups -OCH3 is 1. The lowest BCUT2D eigenvalue weighted by molar-refractivity contribution is -0.151. The first-order valence-electron chi connectivity index (χ1n) is 10.3. The van der Waals surface area contributed by atoms with E-state index in [1.54, 1.807) is 20.7 Å². The number of nitrogens with zero attached hydrogens (tertiary/aromatic N) is 4. The van der Waals surface area contributed by atoms with Crippen molar-refractivity contribution in [2.24, 2.45) is 5.92 Å². The Kier molecular flexibility index (Phi) is 5.83. The second-order valence-corrected chi connectivity index (χ2v) is 7.82. The lowest BCUT2D eigenvalue weighted by atomic mass is 9.93. The van der Waals surface area contributed by atoms with Gasteiger partial charge >= 0.3 is 5.97 Å². The van der Waals surface area contributed by atoms with E-state index in [0.29, 0.717) is 32.4 Å². The quantitative estimate of drug-likeness (QED) is 0.676. The lowest BCUT2D eigenvalue weighted by Gasteiger charge is -2.40. The number of fused-ring (bicyclic) bond motifs is 1. The van der Waals surface area contributed by atoms with Crippen LogP contribution in [-0.4, -0.2) is 63.6 Å². The normalized spacial score (nSPS) is 23.4. The molecule has 1 aromatic heterocycles. The SMILES string of the molecule is COC(=O)[C@H]1C[C@H]2CN(C(=O)CCCn3cccn3)CC(=O)N2[C@H]1c1ccccc1. The zero-order valence-electron chi connectivity index (χ0n) is 17.0. The van der Waals surface area contributed by atoms with Gasteiger partial charge in [0.05, 0.1) is 31.7 Å². The number of aromatic nitrogens is 2. The average Bonchev–Trinajstić information content (AvgIpc) is 3.41. The van der Waals surface area contributed by atoms with Gasteiger partial charge in [0.15, 0.2) is 0 Å². The molecule has 0 saturated carbocycles. The molecule has 30 heavy (non-hydrogen) atoms. The fraction of sp³-hybridized carbons (Fsp3) is 0.455. The van der Waals surface area contributed by atoms with E-state index in [9.17, 15) is 14.4 Å². The molecule has 8 nitrogen and oxygen atoms in total. The van der Waals surface area contributed by atoms with Crippen LogP contribution >= 0.6 is 0 Å². The highest BCUT2D eigenvalue weighted by Crippen LogP contribution is 2.43. The minimum atomic E-state index is -0.429. The van der Waals surface area contributed by atoms with Crippen LogP contribution in [-0.2, 0) is 25.7 Å². The average molecular weight is 410 g/mol. The van der Waals surface area contributed by atoms with Gasteiger partial charge in [0.25, 0.3) is 0 Å². The number of carbonyl (C=O) groups is 3. The van der Waals surface area contributed by atoms with Gasteiger partial charge in [0.2, 0.25) is 11.8 Å². The molecule has 2 aliphatic heterocycles. The molecule has 2 amide bonds. The maximum atomic E-state index is 13.1. The molecule has 0 radical (unpaired) electrons. The molecule has 2 aliphatic rings. The molecule has 2 saturated heterocycles. The van der Waals surface area contributed by atoms with Crippen LogP contribution in [0.2, 0.25) is 0 Å². The third kappa shape index (κ3) is 3.94. The minimum absolute atomic E-state index is 0.0343. The number of aryl methyl sites for hydroxylation is 1. The number of carbonyl (C=O) groups excluding carboxylic acids is 3. The van der Waals surface area contributed by atoms with Crippen molar-refractivity contribution >= 4 is 17.8 Å². The number of hydrogen-bond acceptors (Lipinski definition) is 5. The van der Waals surface area contributed by atoms with E-state index >= 15 is 0 Å². The van der Waals surface area contributed by atoms with Gasteiger partial charge in [0, 0.05) is 31.9 Å². The molecule has 3 atom stereocenters. The number of benzene rings is 1. The number of piperazine rings is 1. The van der Waals surface area contributed by atoms with Crippen molar-refractivity contribution in [3.63, 3.8) is 0 Å². The standard InChI is InChI=1S/C22H26N4O4/c1-30-22(29)18-13-17-14-24(19(27)9-5-11-25-12-6-10-23-25)15-20(28)26(17)21(18)16-7-3-2-4-8-16/h2-4,6-8,10,12,17-18,21H,5,9,11,13-15H2,1H3/t17-,18-,21-/m0/s1. The first-order chi connectivity index (χ1) is 14.6. The van der Waals surface area contributed by atoms with Crippen LogP contribution in [0.3, 0.4) is 0 Å². The molecule has 2 fully saturated rings. The van der Waals surface area contributed by atoms with Crippen molar-refractivity contribution in [1.29, 1.82) is 0 Å². The maximum absolute atomic E-state index is 13.1. The third-order valence-electron chi connectivity index (χ3n) is 5.98. The number of esters is 1. The van der Waals surface area contributed by atoms with Gasteiger partial charge < -0.3 is 14.5 Å². The molecule has 0 unspecified atom stereocenters. The van der Waals surface area contributed by atoms with Gasteiger partial charge in [-0.25, -0.2) is 0 Å². The van der Waals surface area contributed by atoms with Crippen LogP contribution in [0.25, 0.3) is 0 Å². The largest absolute Gasteiger partial charge is 0.469 e. The van der Waals surface area contributed by atoms with E-state index in [2.05, 4.69) is 5.10 Å². The molecular weight excluding hydrogens is 384 g/mol. The maximum Gasteiger partial charge on any atom is 0.311 e. The van der Waals surface area contributed by atoms with Crippen molar-refractivity contribution in [2.75, 3.05) is 20.2 Å². The Morgan fingerprint density at radius 2 is 2.00 bits per heavy atom. The highest BCUT2D eigenvalue weighted by Gasteiger charge is 2.51. The first-order valence-corrected chi connectivity index (χ1v) is 10.3. The monoisotopic (exact) mass is 410 g/mol. The highest BCUT2D eigenvalue weighted by atomic mass is 16.5. The summed E-state index contributed by atoms with van der Waals surface area (Å²) in [5.41, 5.74) is 0.919. The van der Waals surface area contributed by atoms with Gasteiger partial charge in [0.1, 0.15) is 0 Å². The fourth-order valence-electron chi connectivity index (χ4n) is 4.63. The predicted octanol–water partition coefficient (Wildman–Crippen LogP) is 1.64. The molecule has 158 valence electrons. The summed E-state index contributed by atoms with van der Waals surface area (Å²) in [5.74, 6) is -0.899. The van der Waals surface area contributed by atoms with Crippen molar-refractivity contribution in [2.45, 2.75) is 37.9 Å². The van der Waals surface area contributed by atoms with Crippen LogP contribution in [0.4, 0.5) is 0 Å². The Morgan fingerprint density at radius 3 is 2.70 bits per heavy atom. The zero-order valence-corrected chi connectivity index (χ0v) is 17.0. The molecule has 8 heteroatoms. The summed E-state index contributed by atoms with van der Waals surface area (Å²) in [6, 6.07) is 10.9. The van der Waals surface area contributed by atoms with Crippen molar-refractivity contribution in [3.05, 3.63) is 54.4 Å². The molecule has 0 spiro atoms. The van der Waals surface area contributed by atoms with E-state index in [-0.39, 0.29) is 36.4 Å². The van der Waals surface area contributed by atoms with Crippen LogP contribution in [0, 0.1) is 5.92 Å². The smallest absolute Gasteiger partial charge is 0.311 e. The summed E-state index contributed by atoms with van der Waals surface area (Å²) in [4.78, 5) is 41.7. The second kappa shape index (κ2) is 8.69. The van der Waals surface area contributed by atoms with Crippen LogP contribution in [0.15, 0.2) is 48.8 Å².